The average molecular weight is 504 g/mol. The zero-order chi connectivity index (χ0) is 24.7. The number of ether oxygens (including phenoxy) is 1. The van der Waals surface area contributed by atoms with Gasteiger partial charge in [-0.05, 0) is 62.3 Å². The zero-order valence-corrected chi connectivity index (χ0v) is 20.4. The Hall–Kier alpha value is -1.85. The van der Waals surface area contributed by atoms with E-state index in [1.165, 1.54) is 21.0 Å². The summed E-state index contributed by atoms with van der Waals surface area (Å²) in [6.07, 6.45) is -2.36. The molecule has 2 saturated heterocycles. The summed E-state index contributed by atoms with van der Waals surface area (Å²) in [5.41, 5.74) is 3.26. The van der Waals surface area contributed by atoms with Gasteiger partial charge in [0, 0.05) is 38.3 Å². The number of alkyl halides is 3. The number of sulfonamides is 1. The molecule has 1 aromatic carbocycles. The lowest BCUT2D eigenvalue weighted by Crippen LogP contribution is -2.53. The third-order valence-electron chi connectivity index (χ3n) is 7.60. The van der Waals surface area contributed by atoms with E-state index in [2.05, 4.69) is 21.8 Å². The smallest absolute Gasteiger partial charge is 0.425 e. The van der Waals surface area contributed by atoms with Gasteiger partial charge in [-0.15, -0.1) is 0 Å². The number of carbonyl (C=O) groups excluding carboxylic acids is 1. The summed E-state index contributed by atoms with van der Waals surface area (Å²) in [6.45, 7) is 4.01. The Morgan fingerprint density at radius 1 is 1.15 bits per heavy atom. The topological polar surface area (TPSA) is 70.2 Å². The summed E-state index contributed by atoms with van der Waals surface area (Å²) >= 11 is 0. The highest BCUT2D eigenvalue weighted by molar-refractivity contribution is 7.88. The maximum atomic E-state index is 12.7. The Labute approximate surface area is 198 Å². The van der Waals surface area contributed by atoms with Gasteiger partial charge in [-0.2, -0.15) is 17.5 Å². The Balaban J connectivity index is 1.43. The van der Waals surface area contributed by atoms with Gasteiger partial charge in [0.2, 0.25) is 10.0 Å². The van der Waals surface area contributed by atoms with Crippen molar-refractivity contribution in [3.05, 3.63) is 34.9 Å². The van der Waals surface area contributed by atoms with Crippen molar-refractivity contribution in [3.63, 3.8) is 0 Å². The van der Waals surface area contributed by atoms with E-state index in [1.807, 2.05) is 6.07 Å². The van der Waals surface area contributed by atoms with Crippen molar-refractivity contribution < 1.29 is 31.1 Å². The second-order valence-corrected chi connectivity index (χ2v) is 11.7. The molecule has 0 radical (unpaired) electrons. The molecule has 11 heteroatoms. The molecule has 0 bridgehead atoms. The molecule has 190 valence electrons. The predicted molar refractivity (Wildman–Crippen MR) is 121 cm³/mol. The Kier molecular flexibility index (Phi) is 6.91. The molecule has 7 nitrogen and oxygen atoms in total. The van der Waals surface area contributed by atoms with Crippen LogP contribution in [0.5, 0.6) is 0 Å². The summed E-state index contributed by atoms with van der Waals surface area (Å²) in [6, 6.07) is 6.14. The van der Waals surface area contributed by atoms with E-state index in [0.29, 0.717) is 52.0 Å². The van der Waals surface area contributed by atoms with Gasteiger partial charge in [0.1, 0.15) is 0 Å². The largest absolute Gasteiger partial charge is 0.437 e. The molecule has 1 aromatic rings. The number of amides is 1. The SMILES string of the molecule is CC(OC(=O)N1CCC2(CCCN2Cc2cccc3c2CN(S(C)(=O)=O)CC3)CC1)C(F)(F)F. The fourth-order valence-electron chi connectivity index (χ4n) is 5.47. The minimum Gasteiger partial charge on any atom is -0.437 e. The summed E-state index contributed by atoms with van der Waals surface area (Å²) in [7, 11) is -3.27. The number of hydrogen-bond acceptors (Lipinski definition) is 5. The molecule has 0 aromatic heterocycles. The first-order valence-electron chi connectivity index (χ1n) is 11.7. The van der Waals surface area contributed by atoms with E-state index < -0.39 is 28.4 Å². The molecule has 1 atom stereocenters. The van der Waals surface area contributed by atoms with Crippen LogP contribution in [-0.4, -0.2) is 78.9 Å². The molecule has 34 heavy (non-hydrogen) atoms. The van der Waals surface area contributed by atoms with Crippen LogP contribution < -0.4 is 0 Å². The maximum Gasteiger partial charge on any atom is 0.425 e. The number of nitrogens with zero attached hydrogens (tertiary/aromatic N) is 3. The monoisotopic (exact) mass is 503 g/mol. The normalized spacial score (nSPS) is 22.6. The molecule has 4 rings (SSSR count). The Morgan fingerprint density at radius 3 is 2.50 bits per heavy atom. The highest BCUT2D eigenvalue weighted by atomic mass is 32.2. The molecule has 3 aliphatic heterocycles. The average Bonchev–Trinajstić information content (AvgIpc) is 3.14. The number of carbonyl (C=O) groups is 1. The number of hydrogen-bond donors (Lipinski definition) is 0. The minimum absolute atomic E-state index is 0.111. The molecule has 1 amide bonds. The number of rotatable bonds is 4. The number of benzene rings is 1. The molecule has 0 N–H and O–H groups in total. The minimum atomic E-state index is -4.57. The first-order valence-corrected chi connectivity index (χ1v) is 13.6. The van der Waals surface area contributed by atoms with Crippen molar-refractivity contribution >= 4 is 16.1 Å². The summed E-state index contributed by atoms with van der Waals surface area (Å²) in [5, 5.41) is 0. The molecule has 3 aliphatic rings. The van der Waals surface area contributed by atoms with Crippen molar-refractivity contribution in [2.45, 2.75) is 69.9 Å². The maximum absolute atomic E-state index is 12.7. The second kappa shape index (κ2) is 9.31. The van der Waals surface area contributed by atoms with Crippen LogP contribution in [0.25, 0.3) is 0 Å². The lowest BCUT2D eigenvalue weighted by Gasteiger charge is -2.45. The first-order chi connectivity index (χ1) is 15.9. The molecule has 2 fully saturated rings. The fraction of sp³-hybridized carbons (Fsp3) is 0.696. The summed E-state index contributed by atoms with van der Waals surface area (Å²) < 4.78 is 68.6. The second-order valence-electron chi connectivity index (χ2n) is 9.71. The van der Waals surface area contributed by atoms with Crippen molar-refractivity contribution in [2.24, 2.45) is 0 Å². The predicted octanol–water partition coefficient (Wildman–Crippen LogP) is 3.52. The number of fused-ring (bicyclic) bond motifs is 1. The fourth-order valence-corrected chi connectivity index (χ4v) is 6.25. The molecule has 1 unspecified atom stereocenters. The van der Waals surface area contributed by atoms with Gasteiger partial charge in [0.05, 0.1) is 6.26 Å². The van der Waals surface area contributed by atoms with Gasteiger partial charge < -0.3 is 9.64 Å². The van der Waals surface area contributed by atoms with Crippen LogP contribution in [0, 0.1) is 0 Å². The summed E-state index contributed by atoms with van der Waals surface area (Å²) in [4.78, 5) is 16.0. The molecule has 1 spiro atoms. The van der Waals surface area contributed by atoms with E-state index in [0.717, 1.165) is 37.4 Å². The van der Waals surface area contributed by atoms with Gasteiger partial charge in [-0.25, -0.2) is 13.2 Å². The number of likely N-dealkylation sites (tertiary alicyclic amines) is 2. The van der Waals surface area contributed by atoms with E-state index in [4.69, 9.17) is 0 Å². The van der Waals surface area contributed by atoms with E-state index in [9.17, 15) is 26.4 Å². The van der Waals surface area contributed by atoms with Gasteiger partial charge in [-0.3, -0.25) is 4.90 Å². The lowest BCUT2D eigenvalue weighted by atomic mass is 9.84. The molecule has 0 saturated carbocycles. The first kappa shape index (κ1) is 25.2. The van der Waals surface area contributed by atoms with Crippen LogP contribution in [0.2, 0.25) is 0 Å². The van der Waals surface area contributed by atoms with E-state index in [-0.39, 0.29) is 5.54 Å². The van der Waals surface area contributed by atoms with E-state index >= 15 is 0 Å². The number of halogens is 3. The third kappa shape index (κ3) is 5.21. The van der Waals surface area contributed by atoms with Crippen molar-refractivity contribution in [1.82, 2.24) is 14.1 Å². The Morgan fingerprint density at radius 2 is 1.85 bits per heavy atom. The van der Waals surface area contributed by atoms with Gasteiger partial charge in [0.25, 0.3) is 0 Å². The van der Waals surface area contributed by atoms with Crippen LogP contribution in [0.15, 0.2) is 18.2 Å². The standard InChI is InChI=1S/C23H32F3N3O4S/c1-17(23(24,25)26)33-21(30)27-13-9-22(10-14-27)8-4-11-28(22)15-19-6-3-5-18-7-12-29(16-20(18)19)34(2,31)32/h3,5-6,17H,4,7-16H2,1-2H3. The van der Waals surface area contributed by atoms with Gasteiger partial charge in [0.15, 0.2) is 6.10 Å². The highest BCUT2D eigenvalue weighted by Crippen LogP contribution is 2.40. The molecule has 3 heterocycles. The van der Waals surface area contributed by atoms with Gasteiger partial charge >= 0.3 is 12.3 Å². The van der Waals surface area contributed by atoms with E-state index in [1.54, 1.807) is 0 Å². The van der Waals surface area contributed by atoms with Crippen molar-refractivity contribution in [1.29, 1.82) is 0 Å². The van der Waals surface area contributed by atoms with Crippen LogP contribution in [-0.2, 0) is 34.3 Å². The Bertz CT molecular complexity index is 1020. The zero-order valence-electron chi connectivity index (χ0n) is 19.6. The third-order valence-corrected chi connectivity index (χ3v) is 8.85. The summed E-state index contributed by atoms with van der Waals surface area (Å²) in [5.74, 6) is 0. The molecular weight excluding hydrogens is 471 g/mol. The highest BCUT2D eigenvalue weighted by Gasteiger charge is 2.45. The quantitative estimate of drug-likeness (QED) is 0.629. The van der Waals surface area contributed by atoms with Crippen molar-refractivity contribution in [2.75, 3.05) is 32.4 Å². The molecular formula is C23H32F3N3O4S. The number of piperidine rings is 1. The van der Waals surface area contributed by atoms with Crippen LogP contribution in [0.3, 0.4) is 0 Å². The molecule has 0 aliphatic carbocycles. The van der Waals surface area contributed by atoms with Crippen LogP contribution >= 0.6 is 0 Å². The lowest BCUT2D eigenvalue weighted by molar-refractivity contribution is -0.200. The van der Waals surface area contributed by atoms with Gasteiger partial charge in [-0.1, -0.05) is 18.2 Å². The van der Waals surface area contributed by atoms with Crippen molar-refractivity contribution in [3.8, 4) is 0 Å². The van der Waals surface area contributed by atoms with Crippen LogP contribution in [0.4, 0.5) is 18.0 Å². The van der Waals surface area contributed by atoms with Crippen LogP contribution in [0.1, 0.15) is 49.3 Å².